The summed E-state index contributed by atoms with van der Waals surface area (Å²) < 4.78 is 4.65. The standard InChI is InChI=1S/C12H18ClN3O2S/c1-3-16-6-4-5-8(16)7-14-12-15-10(13)9(19-12)11(17)18-2/h8H,3-7H2,1-2H3,(H,14,15). The van der Waals surface area contributed by atoms with E-state index in [-0.39, 0.29) is 5.15 Å². The molecule has 7 heteroatoms. The number of carbonyl (C=O) groups is 1. The number of likely N-dealkylation sites (tertiary alicyclic amines) is 1. The average Bonchev–Trinajstić information content (AvgIpc) is 3.01. The van der Waals surface area contributed by atoms with Crippen LogP contribution >= 0.6 is 22.9 Å². The average molecular weight is 304 g/mol. The lowest BCUT2D eigenvalue weighted by Gasteiger charge is -2.22. The van der Waals surface area contributed by atoms with E-state index < -0.39 is 5.97 Å². The molecule has 1 unspecified atom stereocenters. The number of esters is 1. The Morgan fingerprint density at radius 3 is 3.16 bits per heavy atom. The molecular formula is C12H18ClN3O2S. The molecule has 1 N–H and O–H groups in total. The molecule has 2 heterocycles. The first-order chi connectivity index (χ1) is 9.15. The number of ether oxygens (including phenoxy) is 1. The van der Waals surface area contributed by atoms with Gasteiger partial charge in [-0.2, -0.15) is 0 Å². The van der Waals surface area contributed by atoms with Gasteiger partial charge in [0.15, 0.2) is 15.2 Å². The van der Waals surface area contributed by atoms with Crippen molar-refractivity contribution in [3.8, 4) is 0 Å². The van der Waals surface area contributed by atoms with Crippen LogP contribution in [0.1, 0.15) is 29.4 Å². The fourth-order valence-electron chi connectivity index (χ4n) is 2.34. The zero-order valence-electron chi connectivity index (χ0n) is 11.1. The molecule has 0 radical (unpaired) electrons. The number of carbonyl (C=O) groups excluding carboxylic acids is 1. The van der Waals surface area contributed by atoms with E-state index in [0.717, 1.165) is 19.6 Å². The van der Waals surface area contributed by atoms with Crippen LogP contribution in [0.3, 0.4) is 0 Å². The van der Waals surface area contributed by atoms with Gasteiger partial charge >= 0.3 is 5.97 Å². The van der Waals surface area contributed by atoms with E-state index in [9.17, 15) is 4.79 Å². The number of aromatic nitrogens is 1. The monoisotopic (exact) mass is 303 g/mol. The van der Waals surface area contributed by atoms with Gasteiger partial charge in [0, 0.05) is 12.6 Å². The number of hydrogen-bond donors (Lipinski definition) is 1. The Hall–Kier alpha value is -0.850. The van der Waals surface area contributed by atoms with Gasteiger partial charge in [0.25, 0.3) is 0 Å². The van der Waals surface area contributed by atoms with Gasteiger partial charge in [-0.1, -0.05) is 29.9 Å². The second kappa shape index (κ2) is 6.54. The minimum Gasteiger partial charge on any atom is -0.465 e. The summed E-state index contributed by atoms with van der Waals surface area (Å²) in [5.41, 5.74) is 0. The number of nitrogens with one attached hydrogen (secondary N) is 1. The molecule has 1 atom stereocenters. The van der Waals surface area contributed by atoms with Crippen molar-refractivity contribution in [3.63, 3.8) is 0 Å². The molecule has 2 rings (SSSR count). The first-order valence-electron chi connectivity index (χ1n) is 6.38. The lowest BCUT2D eigenvalue weighted by atomic mass is 10.2. The number of anilines is 1. The smallest absolute Gasteiger partial charge is 0.351 e. The van der Waals surface area contributed by atoms with Crippen molar-refractivity contribution in [1.29, 1.82) is 0 Å². The fraction of sp³-hybridized carbons (Fsp3) is 0.667. The zero-order valence-corrected chi connectivity index (χ0v) is 12.7. The Bertz CT molecular complexity index is 452. The van der Waals surface area contributed by atoms with Crippen LogP contribution in [0.4, 0.5) is 5.13 Å². The highest BCUT2D eigenvalue weighted by molar-refractivity contribution is 7.18. The molecule has 1 aliphatic heterocycles. The van der Waals surface area contributed by atoms with Crippen LogP contribution in [0.2, 0.25) is 5.15 Å². The minimum absolute atomic E-state index is 0.207. The first kappa shape index (κ1) is 14.6. The van der Waals surface area contributed by atoms with Gasteiger partial charge in [0.1, 0.15) is 0 Å². The summed E-state index contributed by atoms with van der Waals surface area (Å²) in [7, 11) is 1.34. The quantitative estimate of drug-likeness (QED) is 0.847. The van der Waals surface area contributed by atoms with Crippen LogP contribution < -0.4 is 5.32 Å². The van der Waals surface area contributed by atoms with Gasteiger partial charge in [-0.25, -0.2) is 9.78 Å². The van der Waals surface area contributed by atoms with Crippen molar-refractivity contribution in [1.82, 2.24) is 9.88 Å². The Morgan fingerprint density at radius 1 is 1.68 bits per heavy atom. The van der Waals surface area contributed by atoms with E-state index in [1.54, 1.807) is 0 Å². The number of hydrogen-bond acceptors (Lipinski definition) is 6. The third-order valence-electron chi connectivity index (χ3n) is 3.35. The van der Waals surface area contributed by atoms with Gasteiger partial charge in [-0.3, -0.25) is 4.90 Å². The van der Waals surface area contributed by atoms with Crippen LogP contribution in [0.25, 0.3) is 0 Å². The van der Waals surface area contributed by atoms with Gasteiger partial charge < -0.3 is 10.1 Å². The molecule has 0 saturated carbocycles. The topological polar surface area (TPSA) is 54.5 Å². The molecule has 0 aromatic carbocycles. The van der Waals surface area contributed by atoms with Crippen molar-refractivity contribution in [2.75, 3.05) is 32.1 Å². The summed E-state index contributed by atoms with van der Waals surface area (Å²) >= 11 is 7.16. The molecule has 0 spiro atoms. The number of methoxy groups -OCH3 is 1. The second-order valence-corrected chi connectivity index (χ2v) is 5.79. The Balaban J connectivity index is 1.95. The van der Waals surface area contributed by atoms with Crippen LogP contribution in [0.15, 0.2) is 0 Å². The van der Waals surface area contributed by atoms with Crippen molar-refractivity contribution < 1.29 is 9.53 Å². The Labute approximate surface area is 121 Å². The number of halogens is 1. The van der Waals surface area contributed by atoms with Gasteiger partial charge in [0.2, 0.25) is 0 Å². The number of rotatable bonds is 5. The molecule has 1 aromatic heterocycles. The molecule has 1 saturated heterocycles. The van der Waals surface area contributed by atoms with E-state index >= 15 is 0 Å². The SMILES string of the molecule is CCN1CCCC1CNc1nc(Cl)c(C(=O)OC)s1. The molecule has 5 nitrogen and oxygen atoms in total. The number of thiazole rings is 1. The number of nitrogens with zero attached hydrogens (tertiary/aromatic N) is 2. The summed E-state index contributed by atoms with van der Waals surface area (Å²) in [6.45, 7) is 5.24. The molecule has 0 bridgehead atoms. The Kier molecular flexibility index (Phi) is 5.01. The van der Waals surface area contributed by atoms with Crippen LogP contribution in [0, 0.1) is 0 Å². The molecule has 106 valence electrons. The van der Waals surface area contributed by atoms with Crippen molar-refractivity contribution >= 4 is 34.0 Å². The van der Waals surface area contributed by atoms with Gasteiger partial charge in [-0.05, 0) is 25.9 Å². The normalized spacial score (nSPS) is 19.6. The van der Waals surface area contributed by atoms with E-state index in [1.807, 2.05) is 0 Å². The second-order valence-electron chi connectivity index (χ2n) is 4.44. The highest BCUT2D eigenvalue weighted by Crippen LogP contribution is 2.28. The highest BCUT2D eigenvalue weighted by atomic mass is 35.5. The molecule has 1 fully saturated rings. The van der Waals surface area contributed by atoms with Crippen LogP contribution in [0.5, 0.6) is 0 Å². The van der Waals surface area contributed by atoms with Gasteiger partial charge in [0.05, 0.1) is 7.11 Å². The zero-order chi connectivity index (χ0) is 13.8. The third kappa shape index (κ3) is 3.38. The van der Waals surface area contributed by atoms with Gasteiger partial charge in [-0.15, -0.1) is 0 Å². The predicted molar refractivity (Wildman–Crippen MR) is 77.2 cm³/mol. The largest absolute Gasteiger partial charge is 0.465 e. The summed E-state index contributed by atoms with van der Waals surface area (Å²) in [6, 6.07) is 0.536. The summed E-state index contributed by atoms with van der Waals surface area (Å²) in [5, 5.41) is 4.15. The number of likely N-dealkylation sites (N-methyl/N-ethyl adjacent to an activating group) is 1. The maximum Gasteiger partial charge on any atom is 0.351 e. The molecule has 0 aliphatic carbocycles. The molecule has 19 heavy (non-hydrogen) atoms. The van der Waals surface area contributed by atoms with Crippen molar-refractivity contribution in [2.24, 2.45) is 0 Å². The summed E-state index contributed by atoms with van der Waals surface area (Å²) in [6.07, 6.45) is 2.44. The van der Waals surface area contributed by atoms with Crippen LogP contribution in [-0.4, -0.2) is 48.6 Å². The molecule has 1 aromatic rings. The maximum absolute atomic E-state index is 11.4. The summed E-state index contributed by atoms with van der Waals surface area (Å²) in [5.74, 6) is -0.438. The van der Waals surface area contributed by atoms with E-state index in [1.165, 1.54) is 31.3 Å². The highest BCUT2D eigenvalue weighted by Gasteiger charge is 2.23. The fourth-order valence-corrected chi connectivity index (χ4v) is 3.45. The third-order valence-corrected chi connectivity index (χ3v) is 4.73. The summed E-state index contributed by atoms with van der Waals surface area (Å²) in [4.78, 5) is 18.4. The van der Waals surface area contributed by atoms with E-state index in [2.05, 4.69) is 26.9 Å². The maximum atomic E-state index is 11.4. The molecular weight excluding hydrogens is 286 g/mol. The molecule has 0 amide bonds. The van der Waals surface area contributed by atoms with Crippen molar-refractivity contribution in [2.45, 2.75) is 25.8 Å². The minimum atomic E-state index is -0.438. The Morgan fingerprint density at radius 2 is 2.47 bits per heavy atom. The van der Waals surface area contributed by atoms with E-state index in [0.29, 0.717) is 16.1 Å². The van der Waals surface area contributed by atoms with Crippen LogP contribution in [-0.2, 0) is 4.74 Å². The van der Waals surface area contributed by atoms with Crippen molar-refractivity contribution in [3.05, 3.63) is 10.0 Å². The first-order valence-corrected chi connectivity index (χ1v) is 7.57. The predicted octanol–water partition coefficient (Wildman–Crippen LogP) is 2.48. The van der Waals surface area contributed by atoms with E-state index in [4.69, 9.17) is 11.6 Å². The lowest BCUT2D eigenvalue weighted by molar-refractivity contribution is 0.0606. The lowest BCUT2D eigenvalue weighted by Crippen LogP contribution is -2.34. The molecule has 1 aliphatic rings.